The average molecular weight is 286 g/mol. The van der Waals surface area contributed by atoms with Crippen LogP contribution in [-0.2, 0) is 0 Å². The number of halogens is 1. The van der Waals surface area contributed by atoms with E-state index in [0.717, 1.165) is 30.3 Å². The molecule has 19 heavy (non-hydrogen) atoms. The van der Waals surface area contributed by atoms with Crippen LogP contribution in [0.1, 0.15) is 27.2 Å². The molecule has 0 saturated carbocycles. The SMILES string of the molecule is CCN(CCCOc1ccc(Cl)cc1)CC(C)(C)O. The van der Waals surface area contributed by atoms with E-state index in [1.54, 1.807) is 0 Å². The fourth-order valence-electron chi connectivity index (χ4n) is 1.91. The van der Waals surface area contributed by atoms with Gasteiger partial charge < -0.3 is 14.7 Å². The summed E-state index contributed by atoms with van der Waals surface area (Å²) in [5.41, 5.74) is -0.646. The largest absolute Gasteiger partial charge is 0.494 e. The molecule has 4 heteroatoms. The minimum atomic E-state index is -0.646. The molecule has 0 fully saturated rings. The molecule has 0 radical (unpaired) electrons. The summed E-state index contributed by atoms with van der Waals surface area (Å²) in [6.45, 7) is 8.99. The monoisotopic (exact) mass is 285 g/mol. The zero-order valence-corrected chi connectivity index (χ0v) is 12.8. The zero-order valence-electron chi connectivity index (χ0n) is 12.0. The molecule has 0 amide bonds. The van der Waals surface area contributed by atoms with Crippen LogP contribution in [0.3, 0.4) is 0 Å². The van der Waals surface area contributed by atoms with E-state index in [0.29, 0.717) is 13.2 Å². The Bertz CT molecular complexity index is 359. The molecule has 1 aromatic rings. The van der Waals surface area contributed by atoms with E-state index in [-0.39, 0.29) is 0 Å². The van der Waals surface area contributed by atoms with Gasteiger partial charge in [-0.15, -0.1) is 0 Å². The normalized spacial score (nSPS) is 11.9. The Balaban J connectivity index is 2.24. The molecule has 108 valence electrons. The fourth-order valence-corrected chi connectivity index (χ4v) is 2.03. The lowest BCUT2D eigenvalue weighted by Gasteiger charge is -2.27. The molecule has 0 spiro atoms. The number of hydrogen-bond acceptors (Lipinski definition) is 3. The van der Waals surface area contributed by atoms with Crippen LogP contribution >= 0.6 is 11.6 Å². The Morgan fingerprint density at radius 3 is 2.42 bits per heavy atom. The predicted molar refractivity (Wildman–Crippen MR) is 80.0 cm³/mol. The highest BCUT2D eigenvalue weighted by molar-refractivity contribution is 6.30. The van der Waals surface area contributed by atoms with Gasteiger partial charge in [-0.25, -0.2) is 0 Å². The summed E-state index contributed by atoms with van der Waals surface area (Å²) in [5, 5.41) is 10.5. The molecule has 0 aromatic heterocycles. The quantitative estimate of drug-likeness (QED) is 0.745. The van der Waals surface area contributed by atoms with E-state index in [1.165, 1.54) is 0 Å². The van der Waals surface area contributed by atoms with Gasteiger partial charge in [0.05, 0.1) is 12.2 Å². The van der Waals surface area contributed by atoms with Crippen molar-refractivity contribution in [1.29, 1.82) is 0 Å². The summed E-state index contributed by atoms with van der Waals surface area (Å²) in [4.78, 5) is 2.23. The summed E-state index contributed by atoms with van der Waals surface area (Å²) < 4.78 is 5.64. The molecule has 0 aliphatic carbocycles. The predicted octanol–water partition coefficient (Wildman–Crippen LogP) is 3.20. The molecule has 0 unspecified atom stereocenters. The van der Waals surface area contributed by atoms with E-state index in [2.05, 4.69) is 11.8 Å². The minimum Gasteiger partial charge on any atom is -0.494 e. The number of nitrogens with zero attached hydrogens (tertiary/aromatic N) is 1. The van der Waals surface area contributed by atoms with Crippen molar-refractivity contribution < 1.29 is 9.84 Å². The van der Waals surface area contributed by atoms with Crippen molar-refractivity contribution in [3.63, 3.8) is 0 Å². The molecule has 0 heterocycles. The van der Waals surface area contributed by atoms with Gasteiger partial charge >= 0.3 is 0 Å². The first-order chi connectivity index (χ1) is 8.90. The molecule has 1 aromatic carbocycles. The van der Waals surface area contributed by atoms with E-state index in [9.17, 15) is 5.11 Å². The van der Waals surface area contributed by atoms with Gasteiger partial charge in [-0.1, -0.05) is 18.5 Å². The molecule has 0 aliphatic rings. The highest BCUT2D eigenvalue weighted by Gasteiger charge is 2.16. The molecule has 0 bridgehead atoms. The molecule has 1 rings (SSSR count). The average Bonchev–Trinajstić information content (AvgIpc) is 2.34. The number of ether oxygens (including phenoxy) is 1. The van der Waals surface area contributed by atoms with Gasteiger partial charge in [0.25, 0.3) is 0 Å². The second-order valence-electron chi connectivity index (χ2n) is 5.34. The van der Waals surface area contributed by atoms with Gasteiger partial charge in [-0.05, 0) is 51.1 Å². The van der Waals surface area contributed by atoms with Crippen LogP contribution in [0.25, 0.3) is 0 Å². The number of likely N-dealkylation sites (N-methyl/N-ethyl adjacent to an activating group) is 1. The number of benzene rings is 1. The van der Waals surface area contributed by atoms with Gasteiger partial charge in [0, 0.05) is 18.1 Å². The number of aliphatic hydroxyl groups is 1. The van der Waals surface area contributed by atoms with Crippen LogP contribution in [0.4, 0.5) is 0 Å². The van der Waals surface area contributed by atoms with Crippen molar-refractivity contribution >= 4 is 11.6 Å². The molecular weight excluding hydrogens is 262 g/mol. The smallest absolute Gasteiger partial charge is 0.119 e. The van der Waals surface area contributed by atoms with Crippen LogP contribution < -0.4 is 4.74 Å². The van der Waals surface area contributed by atoms with Gasteiger partial charge in [0.15, 0.2) is 0 Å². The Morgan fingerprint density at radius 1 is 1.26 bits per heavy atom. The maximum absolute atomic E-state index is 9.79. The topological polar surface area (TPSA) is 32.7 Å². The summed E-state index contributed by atoms with van der Waals surface area (Å²) in [6.07, 6.45) is 0.937. The molecule has 1 N–H and O–H groups in total. The molecular formula is C15H24ClNO2. The Labute approximate surface area is 121 Å². The van der Waals surface area contributed by atoms with Crippen LogP contribution in [0.2, 0.25) is 5.02 Å². The van der Waals surface area contributed by atoms with E-state index in [1.807, 2.05) is 38.1 Å². The van der Waals surface area contributed by atoms with Gasteiger partial charge in [0.1, 0.15) is 5.75 Å². The maximum atomic E-state index is 9.79. The van der Waals surface area contributed by atoms with Crippen LogP contribution in [0.5, 0.6) is 5.75 Å². The highest BCUT2D eigenvalue weighted by atomic mass is 35.5. The van der Waals surface area contributed by atoms with E-state index >= 15 is 0 Å². The molecule has 3 nitrogen and oxygen atoms in total. The summed E-state index contributed by atoms with van der Waals surface area (Å²) in [6, 6.07) is 7.39. The summed E-state index contributed by atoms with van der Waals surface area (Å²) in [5.74, 6) is 0.843. The third-order valence-electron chi connectivity index (χ3n) is 2.76. The second-order valence-corrected chi connectivity index (χ2v) is 5.77. The third-order valence-corrected chi connectivity index (χ3v) is 3.01. The first kappa shape index (κ1) is 16.3. The lowest BCUT2D eigenvalue weighted by atomic mass is 10.1. The highest BCUT2D eigenvalue weighted by Crippen LogP contribution is 2.15. The second kappa shape index (κ2) is 7.73. The number of hydrogen-bond donors (Lipinski definition) is 1. The van der Waals surface area contributed by atoms with Gasteiger partial charge in [0.2, 0.25) is 0 Å². The third kappa shape index (κ3) is 7.41. The van der Waals surface area contributed by atoms with Crippen LogP contribution in [0.15, 0.2) is 24.3 Å². The Hall–Kier alpha value is -0.770. The van der Waals surface area contributed by atoms with Crippen LogP contribution in [0, 0.1) is 0 Å². The molecule has 0 atom stereocenters. The lowest BCUT2D eigenvalue weighted by molar-refractivity contribution is 0.0364. The minimum absolute atomic E-state index is 0.646. The molecule has 0 saturated heterocycles. The first-order valence-corrected chi connectivity index (χ1v) is 7.11. The lowest BCUT2D eigenvalue weighted by Crippen LogP contribution is -2.39. The standard InChI is InChI=1S/C15H24ClNO2/c1-4-17(12-15(2,3)18)10-5-11-19-14-8-6-13(16)7-9-14/h6-9,18H,4-5,10-12H2,1-3H3. The van der Waals surface area contributed by atoms with E-state index < -0.39 is 5.60 Å². The van der Waals surface area contributed by atoms with Gasteiger partial charge in [-0.3, -0.25) is 0 Å². The van der Waals surface area contributed by atoms with Crippen molar-refractivity contribution in [3.8, 4) is 5.75 Å². The molecule has 0 aliphatic heterocycles. The van der Waals surface area contributed by atoms with Gasteiger partial charge in [-0.2, -0.15) is 0 Å². The van der Waals surface area contributed by atoms with Crippen molar-refractivity contribution in [2.24, 2.45) is 0 Å². The maximum Gasteiger partial charge on any atom is 0.119 e. The zero-order chi connectivity index (χ0) is 14.3. The van der Waals surface area contributed by atoms with Crippen molar-refractivity contribution in [1.82, 2.24) is 4.90 Å². The Kier molecular flexibility index (Phi) is 6.63. The Morgan fingerprint density at radius 2 is 1.89 bits per heavy atom. The summed E-state index contributed by atoms with van der Waals surface area (Å²) in [7, 11) is 0. The number of rotatable bonds is 8. The van der Waals surface area contributed by atoms with E-state index in [4.69, 9.17) is 16.3 Å². The fraction of sp³-hybridized carbons (Fsp3) is 0.600. The first-order valence-electron chi connectivity index (χ1n) is 6.74. The van der Waals surface area contributed by atoms with Crippen molar-refractivity contribution in [3.05, 3.63) is 29.3 Å². The van der Waals surface area contributed by atoms with Crippen LogP contribution in [-0.4, -0.2) is 41.8 Å². The summed E-state index contributed by atoms with van der Waals surface area (Å²) >= 11 is 5.81. The van der Waals surface area contributed by atoms with Crippen molar-refractivity contribution in [2.45, 2.75) is 32.8 Å². The van der Waals surface area contributed by atoms with Crippen molar-refractivity contribution in [2.75, 3.05) is 26.2 Å².